The van der Waals surface area contributed by atoms with Gasteiger partial charge in [0.05, 0.1) is 49.8 Å². The molecule has 74 heavy (non-hydrogen) atoms. The van der Waals surface area contributed by atoms with Gasteiger partial charge in [-0.2, -0.15) is 15.2 Å². The molecule has 0 bridgehead atoms. The van der Waals surface area contributed by atoms with E-state index >= 15 is 8.78 Å². The number of piperazine rings is 1. The molecule has 3 N–H and O–H groups in total. The minimum absolute atomic E-state index is 0.00521. The molecule has 0 radical (unpaired) electrons. The van der Waals surface area contributed by atoms with Crippen molar-refractivity contribution in [1.82, 2.24) is 29.3 Å². The molecule has 9 heterocycles. The second-order valence-electron chi connectivity index (χ2n) is 19.7. The zero-order chi connectivity index (χ0) is 51.5. The summed E-state index contributed by atoms with van der Waals surface area (Å²) in [5, 5.41) is 22.0. The van der Waals surface area contributed by atoms with Gasteiger partial charge in [-0.25, -0.2) is 18.6 Å². The number of hydrogen-bond donors (Lipinski definition) is 2. The molecular weight excluding hydrogens is 992 g/mol. The number of nitrogens with two attached hydrogens (primary N) is 1. The summed E-state index contributed by atoms with van der Waals surface area (Å²) >= 11 is 7.92. The van der Waals surface area contributed by atoms with Crippen molar-refractivity contribution in [3.8, 4) is 40.3 Å². The first-order valence-corrected chi connectivity index (χ1v) is 25.8. The number of thiophene rings is 1. The van der Waals surface area contributed by atoms with Crippen molar-refractivity contribution in [2.24, 2.45) is 0 Å². The molecule has 3 fully saturated rings. The highest BCUT2D eigenvalue weighted by Crippen LogP contribution is 2.47. The zero-order valence-corrected chi connectivity index (χ0v) is 42.0. The summed E-state index contributed by atoms with van der Waals surface area (Å²) in [6, 6.07) is 13.0. The molecule has 7 aromatic rings. The third-order valence-electron chi connectivity index (χ3n) is 15.6. The van der Waals surface area contributed by atoms with Crippen molar-refractivity contribution in [1.29, 1.82) is 5.26 Å². The first-order valence-electron chi connectivity index (χ1n) is 24.6. The van der Waals surface area contributed by atoms with Gasteiger partial charge in [0.2, 0.25) is 0 Å². The fourth-order valence-corrected chi connectivity index (χ4v) is 13.2. The van der Waals surface area contributed by atoms with Gasteiger partial charge in [-0.1, -0.05) is 31.2 Å². The molecule has 3 saturated heterocycles. The van der Waals surface area contributed by atoms with Crippen LogP contribution in [-0.4, -0.2) is 104 Å². The van der Waals surface area contributed by atoms with Crippen LogP contribution in [0.1, 0.15) is 73.5 Å². The number of pyridine rings is 2. The lowest BCUT2D eigenvalue weighted by Crippen LogP contribution is -2.54. The molecule has 4 aromatic heterocycles. The van der Waals surface area contributed by atoms with Crippen LogP contribution >= 0.6 is 22.9 Å². The van der Waals surface area contributed by atoms with Crippen molar-refractivity contribution in [2.45, 2.75) is 76.8 Å². The second-order valence-corrected chi connectivity index (χ2v) is 21.2. The van der Waals surface area contributed by atoms with Crippen LogP contribution in [-0.2, 0) is 33.9 Å². The molecule has 2 unspecified atom stereocenters. The van der Waals surface area contributed by atoms with E-state index in [0.29, 0.717) is 53.4 Å². The fraction of sp³-hybridized carbons (Fsp3) is 0.352. The summed E-state index contributed by atoms with van der Waals surface area (Å²) in [5.74, 6) is -1.62. The molecule has 0 aliphatic carbocycles. The van der Waals surface area contributed by atoms with Crippen LogP contribution in [0.2, 0.25) is 5.02 Å². The van der Waals surface area contributed by atoms with E-state index in [-0.39, 0.29) is 121 Å². The lowest BCUT2D eigenvalue weighted by molar-refractivity contribution is -0.157. The summed E-state index contributed by atoms with van der Waals surface area (Å²) in [6.45, 7) is 11.2. The Morgan fingerprint density at radius 1 is 1.05 bits per heavy atom. The number of aryl methyl sites for hydroxylation is 1. The number of amides is 1. The highest BCUT2D eigenvalue weighted by atomic mass is 35.5. The van der Waals surface area contributed by atoms with Gasteiger partial charge in [0, 0.05) is 64.1 Å². The largest absolute Gasteiger partial charge is 0.489 e. The number of hydrogen-bond acceptors (Lipinski definition) is 15. The number of ether oxygens (including phenoxy) is 3. The number of esters is 1. The molecule has 3 aromatic carbocycles. The first-order chi connectivity index (χ1) is 35.7. The number of halogens is 3. The van der Waals surface area contributed by atoms with Gasteiger partial charge in [-0.05, 0) is 99.6 Å². The van der Waals surface area contributed by atoms with E-state index in [9.17, 15) is 24.8 Å². The maximum absolute atomic E-state index is 17.4. The van der Waals surface area contributed by atoms with Crippen LogP contribution in [0.3, 0.4) is 0 Å². The SMILES string of the molecule is C=C(COc1ccc2nc3c(c(CC)c2c1)Cn1c-3cc2c(c1=O)COC(=O)C2O)C(=O)N1CCN(c2nc(OCC34CCCN3CCC4)nc3c(F)c(-c4ccc(F)c5sc(N)c(C#N)c45)c(Cl)cc23)C(C)C1. The highest BCUT2D eigenvalue weighted by Gasteiger charge is 2.45. The number of fused-ring (bicyclic) bond motifs is 8. The molecule has 0 spiro atoms. The van der Waals surface area contributed by atoms with Gasteiger partial charge in [0.15, 0.2) is 11.9 Å². The van der Waals surface area contributed by atoms with Crippen molar-refractivity contribution >= 4 is 77.5 Å². The quantitative estimate of drug-likeness (QED) is 0.0986. The Bertz CT molecular complexity index is 3720. The van der Waals surface area contributed by atoms with Crippen molar-refractivity contribution < 1.29 is 37.7 Å². The molecule has 0 saturated carbocycles. The third-order valence-corrected chi connectivity index (χ3v) is 16.9. The number of rotatable bonds is 10. The van der Waals surface area contributed by atoms with Gasteiger partial charge in [-0.3, -0.25) is 14.5 Å². The third kappa shape index (κ3) is 7.47. The number of cyclic esters (lactones) is 1. The maximum atomic E-state index is 17.4. The summed E-state index contributed by atoms with van der Waals surface area (Å²) in [4.78, 5) is 60.5. The molecule has 20 heteroatoms. The van der Waals surface area contributed by atoms with Gasteiger partial charge in [0.1, 0.15) is 53.8 Å². The number of aromatic nitrogens is 4. The lowest BCUT2D eigenvalue weighted by atomic mass is 9.95. The molecule has 5 aliphatic heterocycles. The van der Waals surface area contributed by atoms with E-state index in [4.69, 9.17) is 41.5 Å². The monoisotopic (exact) mass is 1040 g/mol. The van der Waals surface area contributed by atoms with Crippen LogP contribution < -0.4 is 25.7 Å². The second kappa shape index (κ2) is 18.0. The predicted octanol–water partition coefficient (Wildman–Crippen LogP) is 7.97. The number of carbonyl (C=O) groups is 2. The predicted molar refractivity (Wildman–Crippen MR) is 275 cm³/mol. The molecule has 16 nitrogen and oxygen atoms in total. The zero-order valence-electron chi connectivity index (χ0n) is 40.4. The average Bonchev–Trinajstić information content (AvgIpc) is 4.17. The van der Waals surface area contributed by atoms with Gasteiger partial charge < -0.3 is 39.4 Å². The number of aliphatic hydroxyl groups is 1. The van der Waals surface area contributed by atoms with Crippen molar-refractivity contribution in [2.75, 3.05) is 56.6 Å². The Morgan fingerprint density at radius 2 is 1.85 bits per heavy atom. The van der Waals surface area contributed by atoms with Crippen LogP contribution in [0.5, 0.6) is 11.8 Å². The van der Waals surface area contributed by atoms with Crippen molar-refractivity contribution in [3.05, 3.63) is 109 Å². The van der Waals surface area contributed by atoms with Crippen LogP contribution in [0.25, 0.3) is 54.4 Å². The van der Waals surface area contributed by atoms with E-state index in [2.05, 4.69) is 22.5 Å². The number of nitriles is 1. The van der Waals surface area contributed by atoms with E-state index in [1.54, 1.807) is 27.7 Å². The number of carbonyl (C=O) groups excluding carboxylic acids is 2. The van der Waals surface area contributed by atoms with Crippen LogP contribution in [0.4, 0.5) is 19.6 Å². The minimum Gasteiger partial charge on any atom is -0.489 e. The molecule has 5 aliphatic rings. The Morgan fingerprint density at radius 3 is 2.61 bits per heavy atom. The Balaban J connectivity index is 0.798. The Labute approximate surface area is 431 Å². The van der Waals surface area contributed by atoms with E-state index in [0.717, 1.165) is 66.6 Å². The summed E-state index contributed by atoms with van der Waals surface area (Å²) in [6.07, 6.45) is 3.10. The van der Waals surface area contributed by atoms with E-state index in [1.807, 2.05) is 30.9 Å². The normalized spacial score (nSPS) is 18.9. The smallest absolute Gasteiger partial charge is 0.340 e. The lowest BCUT2D eigenvalue weighted by Gasteiger charge is -2.41. The molecule has 2 atom stereocenters. The average molecular weight is 1040 g/mol. The number of anilines is 2. The Hall–Kier alpha value is -7.24. The number of nitrogen functional groups attached to an aromatic ring is 1. The van der Waals surface area contributed by atoms with Crippen LogP contribution in [0, 0.1) is 23.0 Å². The molecule has 378 valence electrons. The number of aliphatic hydroxyl groups excluding tert-OH is 1. The molecular formula is C54H48ClF2N9O7S. The topological polar surface area (TPSA) is 202 Å². The summed E-state index contributed by atoms with van der Waals surface area (Å²) in [5.41, 5.74) is 10.1. The van der Waals surface area contributed by atoms with E-state index in [1.165, 1.54) is 12.1 Å². The number of benzene rings is 3. The summed E-state index contributed by atoms with van der Waals surface area (Å²) in [7, 11) is 0. The molecule has 12 rings (SSSR count). The first kappa shape index (κ1) is 47.7. The minimum atomic E-state index is -1.55. The number of nitrogens with zero attached hydrogens (tertiary/aromatic N) is 8. The fourth-order valence-electron chi connectivity index (χ4n) is 12.0. The summed E-state index contributed by atoms with van der Waals surface area (Å²) < 4.78 is 52.0. The highest BCUT2D eigenvalue weighted by molar-refractivity contribution is 7.23. The maximum Gasteiger partial charge on any atom is 0.340 e. The van der Waals surface area contributed by atoms with Gasteiger partial charge in [-0.15, -0.1) is 11.3 Å². The standard InChI is InChI=1S/C54H48ClF2N9O7S/c1-4-29-31-17-28(7-10-39(31)60-44-35(29)22-66-40(44)19-32-36(51(66)69)24-72-52(70)46(32)67)71-23-26(2)50(68)63-15-16-65(27(3)21-63)49-33-18-37(55)42(30-8-9-38(56)47-41(30)34(20-58)48(59)74-47)43(57)45(33)61-53(62-49)73-25-54-11-5-13-64(54)14-6-12-54/h7-10,17-19,27,46,67H,2,4-6,11-16,21-25,59H2,1,3H3. The van der Waals surface area contributed by atoms with Gasteiger partial charge >= 0.3 is 12.0 Å². The van der Waals surface area contributed by atoms with E-state index < -0.39 is 23.7 Å². The van der Waals surface area contributed by atoms with Gasteiger partial charge in [0.25, 0.3) is 11.5 Å². The van der Waals surface area contributed by atoms with Crippen LogP contribution in [0.15, 0.2) is 59.4 Å². The molecule has 1 amide bonds. The Kier molecular flexibility index (Phi) is 11.6. The van der Waals surface area contributed by atoms with Crippen molar-refractivity contribution in [3.63, 3.8) is 0 Å².